The average molecular weight is 1070 g/mol. The van der Waals surface area contributed by atoms with Crippen LogP contribution >= 0.6 is 0 Å². The van der Waals surface area contributed by atoms with Gasteiger partial charge in [0.1, 0.15) is 11.6 Å². The number of aromatic nitrogens is 3. The molecule has 2 heterocycles. The molecule has 0 bridgehead atoms. The van der Waals surface area contributed by atoms with E-state index in [1.807, 2.05) is 20.0 Å². The Morgan fingerprint density at radius 2 is 1.19 bits per heavy atom. The summed E-state index contributed by atoms with van der Waals surface area (Å²) in [5.74, 6) is 0.0236. The number of benzene rings is 6. The fourth-order valence-corrected chi connectivity index (χ4v) is 8.76. The number of para-hydroxylation sites is 1. The van der Waals surface area contributed by atoms with E-state index in [1.54, 1.807) is 0 Å². The predicted octanol–water partition coefficient (Wildman–Crippen LogP) is 16.9. The predicted molar refractivity (Wildman–Crippen MR) is 280 cm³/mol. The van der Waals surface area contributed by atoms with Gasteiger partial charge in [0.2, 0.25) is 0 Å². The number of nitrogens with zero attached hydrogens (tertiary/aromatic N) is 3. The first-order valence-electron chi connectivity index (χ1n) is 24.0. The maximum Gasteiger partial charge on any atom is 0.148 e. The van der Waals surface area contributed by atoms with E-state index in [0.717, 1.165) is 83.6 Å². The first kappa shape index (κ1) is 47.9. The van der Waals surface area contributed by atoms with Crippen LogP contribution in [0.15, 0.2) is 128 Å². The summed E-state index contributed by atoms with van der Waals surface area (Å²) in [5, 5.41) is 12.6. The van der Waals surface area contributed by atoms with Gasteiger partial charge in [-0.2, -0.15) is 0 Å². The molecule has 0 fully saturated rings. The number of hydrogen-bond acceptors (Lipinski definition) is 3. The number of imidazole rings is 1. The van der Waals surface area contributed by atoms with Crippen LogP contribution in [0.1, 0.15) is 138 Å². The first-order valence-corrected chi connectivity index (χ1v) is 23.5. The third-order valence-electron chi connectivity index (χ3n) is 13.0. The Morgan fingerprint density at radius 3 is 1.81 bits per heavy atom. The molecule has 0 saturated heterocycles. The monoisotopic (exact) mass is 1070 g/mol. The van der Waals surface area contributed by atoms with Crippen LogP contribution in [-0.2, 0) is 42.7 Å². The Morgan fingerprint density at radius 1 is 0.582 bits per heavy atom. The number of aryl methyl sites for hydroxylation is 1. The molecule has 8 rings (SSSR count). The Labute approximate surface area is 416 Å². The van der Waals surface area contributed by atoms with Crippen molar-refractivity contribution in [1.29, 1.82) is 0 Å². The van der Waals surface area contributed by atoms with Crippen LogP contribution in [0.25, 0.3) is 72.7 Å². The number of hydrogen-bond donors (Lipinski definition) is 1. The smallest absolute Gasteiger partial charge is 0.148 e. The van der Waals surface area contributed by atoms with E-state index in [-0.39, 0.29) is 48.5 Å². The Bertz CT molecular complexity index is 3140. The van der Waals surface area contributed by atoms with Gasteiger partial charge < -0.3 is 5.11 Å². The quantitative estimate of drug-likeness (QED) is 0.162. The van der Waals surface area contributed by atoms with Crippen LogP contribution in [0.4, 0.5) is 0 Å². The van der Waals surface area contributed by atoms with Crippen LogP contribution in [0.3, 0.4) is 0 Å². The third-order valence-corrected chi connectivity index (χ3v) is 13.0. The molecule has 8 aromatic rings. The molecule has 0 saturated carbocycles. The van der Waals surface area contributed by atoms with Gasteiger partial charge in [-0.15, -0.1) is 29.3 Å². The van der Waals surface area contributed by atoms with Gasteiger partial charge in [0, 0.05) is 45.5 Å². The van der Waals surface area contributed by atoms with E-state index in [2.05, 4.69) is 222 Å². The maximum atomic E-state index is 12.6. The molecular weight excluding hydrogens is 998 g/mol. The Kier molecular flexibility index (Phi) is 13.0. The van der Waals surface area contributed by atoms with Gasteiger partial charge in [0.25, 0.3) is 0 Å². The Balaban J connectivity index is 0.00000684. The molecule has 67 heavy (non-hydrogen) atoms. The summed E-state index contributed by atoms with van der Waals surface area (Å²) >= 11 is 0. The van der Waals surface area contributed by atoms with Gasteiger partial charge >= 0.3 is 0 Å². The largest absolute Gasteiger partial charge is 0.507 e. The molecule has 2 aromatic heterocycles. The van der Waals surface area contributed by atoms with Crippen molar-refractivity contribution in [1.82, 2.24) is 14.5 Å². The van der Waals surface area contributed by atoms with Gasteiger partial charge in [0.05, 0.1) is 22.3 Å². The number of phenols is 1. The van der Waals surface area contributed by atoms with Crippen molar-refractivity contribution in [2.75, 3.05) is 0 Å². The molecule has 0 spiro atoms. The fourth-order valence-electron chi connectivity index (χ4n) is 8.76. The number of fused-ring (bicyclic) bond motifs is 1. The number of aromatic hydroxyl groups is 1. The van der Waals surface area contributed by atoms with Gasteiger partial charge in [0.15, 0.2) is 0 Å². The van der Waals surface area contributed by atoms with E-state index >= 15 is 0 Å². The molecule has 348 valence electrons. The topological polar surface area (TPSA) is 50.9 Å². The summed E-state index contributed by atoms with van der Waals surface area (Å²) in [7, 11) is 0. The molecule has 6 aromatic carbocycles. The van der Waals surface area contributed by atoms with Crippen molar-refractivity contribution in [3.8, 4) is 67.5 Å². The Hall–Kier alpha value is -5.57. The van der Waals surface area contributed by atoms with Crippen molar-refractivity contribution >= 4 is 11.0 Å². The van der Waals surface area contributed by atoms with Crippen molar-refractivity contribution < 1.29 is 27.5 Å². The first-order chi connectivity index (χ1) is 31.2. The van der Waals surface area contributed by atoms with E-state index in [1.165, 1.54) is 11.1 Å². The maximum absolute atomic E-state index is 12.6. The van der Waals surface area contributed by atoms with Crippen molar-refractivity contribution in [2.24, 2.45) is 0 Å². The number of phenolic OH excluding ortho intramolecular Hbond substituents is 1. The van der Waals surface area contributed by atoms with Crippen molar-refractivity contribution in [3.63, 3.8) is 0 Å². The standard InChI is InChI=1S/C62H68N3O.Pt/c1-38(2)42-25-28-54(50(34-42)41-23-26-46(27-24-41)59(4,5)6)65-55-18-16-17-49(56(55)64-58(65)51-36-48(61(10,11)12)37-52(57(51)66)62(13,14)15)44-31-45(33-47(32-44)60(7,8)9)53-35-43(29-30-63-53)40-21-19-39(3)20-22-40;/h16-30,32-38,66H,1-15H3;/q-1;/i38D;. The molecule has 0 aliphatic rings. The van der Waals surface area contributed by atoms with E-state index in [4.69, 9.17) is 11.3 Å². The second-order valence-corrected chi connectivity index (χ2v) is 22.7. The number of rotatable bonds is 7. The summed E-state index contributed by atoms with van der Waals surface area (Å²) < 4.78 is 11.4. The summed E-state index contributed by atoms with van der Waals surface area (Å²) in [5.41, 5.74) is 16.9. The minimum Gasteiger partial charge on any atom is -0.507 e. The molecule has 0 radical (unpaired) electrons. The minimum atomic E-state index is -0.841. The fraction of sp³-hybridized carbons (Fsp3) is 0.323. The van der Waals surface area contributed by atoms with E-state index in [9.17, 15) is 5.11 Å². The van der Waals surface area contributed by atoms with E-state index in [0.29, 0.717) is 11.4 Å². The van der Waals surface area contributed by atoms with E-state index < -0.39 is 5.89 Å². The summed E-state index contributed by atoms with van der Waals surface area (Å²) in [6, 6.07) is 47.1. The molecule has 0 unspecified atom stereocenters. The molecular formula is C62H68N3OPt-. The zero-order valence-electron chi connectivity index (χ0n) is 43.2. The molecule has 4 nitrogen and oxygen atoms in total. The number of pyridine rings is 1. The second-order valence-electron chi connectivity index (χ2n) is 22.7. The van der Waals surface area contributed by atoms with Crippen LogP contribution in [0.2, 0.25) is 0 Å². The molecule has 0 amide bonds. The van der Waals surface area contributed by atoms with Gasteiger partial charge in [-0.1, -0.05) is 192 Å². The molecule has 5 heteroatoms. The van der Waals surface area contributed by atoms with Crippen LogP contribution < -0.4 is 0 Å². The van der Waals surface area contributed by atoms with Gasteiger partial charge in [-0.05, 0) is 98.2 Å². The molecule has 1 N–H and O–H groups in total. The van der Waals surface area contributed by atoms with Crippen LogP contribution in [0.5, 0.6) is 5.75 Å². The molecule has 0 aliphatic heterocycles. The molecule has 0 atom stereocenters. The normalized spacial score (nSPS) is 12.9. The average Bonchev–Trinajstić information content (AvgIpc) is 3.64. The zero-order valence-corrected chi connectivity index (χ0v) is 44.5. The molecule has 0 aliphatic carbocycles. The van der Waals surface area contributed by atoms with Crippen molar-refractivity contribution in [3.05, 3.63) is 167 Å². The summed E-state index contributed by atoms with van der Waals surface area (Å²) in [4.78, 5) is 10.6. The second kappa shape index (κ2) is 18.2. The zero-order chi connectivity index (χ0) is 48.6. The third kappa shape index (κ3) is 10.0. The van der Waals surface area contributed by atoms with Gasteiger partial charge in [-0.3, -0.25) is 9.55 Å². The van der Waals surface area contributed by atoms with Crippen molar-refractivity contribution in [2.45, 2.75) is 131 Å². The minimum absolute atomic E-state index is 0. The van der Waals surface area contributed by atoms with Crippen LogP contribution in [-0.4, -0.2) is 19.6 Å². The van der Waals surface area contributed by atoms with Crippen LogP contribution in [0, 0.1) is 13.0 Å². The SMILES string of the molecule is [2H]C(C)(C)c1ccc(-n2c(-c3cc(C(C)(C)C)cc(C(C)(C)C)c3O)nc3c(-c4[c-]c(-c5cc(-c6ccc(C)cc6)ccn5)cc(C(C)(C)C)c4)cccc32)c(-c2ccc(C(C)(C)C)cc2)c1.[Pt]. The van der Waals surface area contributed by atoms with Gasteiger partial charge in [-0.25, -0.2) is 4.98 Å². The summed E-state index contributed by atoms with van der Waals surface area (Å²) in [6.45, 7) is 32.5. The summed E-state index contributed by atoms with van der Waals surface area (Å²) in [6.07, 6.45) is 1.89.